The Bertz CT molecular complexity index is 888. The number of nitrogens with zero attached hydrogens (tertiary/aromatic N) is 2. The number of hydrogen-bond donors (Lipinski definition) is 1. The number of amides is 1. The van der Waals surface area contributed by atoms with Crippen LogP contribution < -0.4 is 0 Å². The highest BCUT2D eigenvalue weighted by molar-refractivity contribution is 6.33. The Morgan fingerprint density at radius 3 is 3.00 bits per heavy atom. The van der Waals surface area contributed by atoms with Gasteiger partial charge in [0.25, 0.3) is 0 Å². The van der Waals surface area contributed by atoms with Crippen molar-refractivity contribution in [1.29, 1.82) is 0 Å². The number of aryl methyl sites for hydroxylation is 1. The van der Waals surface area contributed by atoms with E-state index in [0.717, 1.165) is 42.2 Å². The van der Waals surface area contributed by atoms with Gasteiger partial charge in [-0.1, -0.05) is 29.8 Å². The van der Waals surface area contributed by atoms with Crippen molar-refractivity contribution < 1.29 is 9.21 Å². The molecule has 2 aromatic heterocycles. The Hall–Kier alpha value is -2.53. The van der Waals surface area contributed by atoms with Gasteiger partial charge < -0.3 is 14.3 Å². The quantitative estimate of drug-likeness (QED) is 0.713. The molecule has 0 bridgehead atoms. The molecule has 5 nitrogen and oxygen atoms in total. The number of imidazole rings is 1. The topological polar surface area (TPSA) is 62.1 Å². The van der Waals surface area contributed by atoms with E-state index < -0.39 is 0 Å². The lowest BCUT2D eigenvalue weighted by Gasteiger charge is -2.23. The molecule has 1 saturated heterocycles. The molecule has 1 aliphatic heterocycles. The lowest BCUT2D eigenvalue weighted by Crippen LogP contribution is -2.31. The minimum absolute atomic E-state index is 0.00432. The van der Waals surface area contributed by atoms with E-state index in [1.807, 2.05) is 41.3 Å². The molecule has 0 aliphatic carbocycles. The van der Waals surface area contributed by atoms with Crippen LogP contribution in [0, 0.1) is 0 Å². The van der Waals surface area contributed by atoms with E-state index in [-0.39, 0.29) is 11.9 Å². The van der Waals surface area contributed by atoms with Crippen LogP contribution in [0.4, 0.5) is 0 Å². The van der Waals surface area contributed by atoms with Crippen molar-refractivity contribution in [1.82, 2.24) is 14.9 Å². The Morgan fingerprint density at radius 1 is 1.31 bits per heavy atom. The van der Waals surface area contributed by atoms with Gasteiger partial charge in [-0.25, -0.2) is 4.98 Å². The number of aromatic nitrogens is 2. The van der Waals surface area contributed by atoms with Gasteiger partial charge in [-0.2, -0.15) is 0 Å². The molecule has 0 radical (unpaired) electrons. The zero-order chi connectivity index (χ0) is 17.9. The maximum absolute atomic E-state index is 12.7. The average Bonchev–Trinajstić information content (AvgIpc) is 3.40. The second-order valence-electron chi connectivity index (χ2n) is 6.49. The molecule has 26 heavy (non-hydrogen) atoms. The number of likely N-dealkylation sites (tertiary alicyclic amines) is 1. The van der Waals surface area contributed by atoms with Crippen molar-refractivity contribution in [2.75, 3.05) is 6.54 Å². The molecule has 1 unspecified atom stereocenters. The molecule has 1 fully saturated rings. The first kappa shape index (κ1) is 16.9. The fraction of sp³-hybridized carbons (Fsp3) is 0.300. The Balaban J connectivity index is 1.48. The molecule has 4 rings (SSSR count). The van der Waals surface area contributed by atoms with E-state index in [1.54, 1.807) is 12.5 Å². The van der Waals surface area contributed by atoms with Crippen molar-refractivity contribution in [3.8, 4) is 11.3 Å². The van der Waals surface area contributed by atoms with Crippen LogP contribution in [-0.4, -0.2) is 27.3 Å². The van der Waals surface area contributed by atoms with Gasteiger partial charge in [-0.15, -0.1) is 0 Å². The summed E-state index contributed by atoms with van der Waals surface area (Å²) in [7, 11) is 0. The van der Waals surface area contributed by atoms with Gasteiger partial charge in [0.1, 0.15) is 11.6 Å². The summed E-state index contributed by atoms with van der Waals surface area (Å²) < 4.78 is 5.32. The van der Waals surface area contributed by atoms with Crippen molar-refractivity contribution in [2.24, 2.45) is 0 Å². The smallest absolute Gasteiger partial charge is 0.223 e. The predicted molar refractivity (Wildman–Crippen MR) is 99.8 cm³/mol. The Labute approximate surface area is 157 Å². The van der Waals surface area contributed by atoms with Gasteiger partial charge in [0.2, 0.25) is 5.91 Å². The van der Waals surface area contributed by atoms with Crippen LogP contribution in [0.3, 0.4) is 0 Å². The molecule has 0 spiro atoms. The summed E-state index contributed by atoms with van der Waals surface area (Å²) in [4.78, 5) is 22.5. The SMILES string of the molecule is O=C(CCc1ccco1)N1CCCC1c1ncc(-c2ccccc2Cl)[nH]1. The van der Waals surface area contributed by atoms with Crippen LogP contribution in [0.5, 0.6) is 0 Å². The first-order valence-corrected chi connectivity index (χ1v) is 9.22. The molecule has 6 heteroatoms. The fourth-order valence-corrected chi connectivity index (χ4v) is 3.74. The molecule has 1 N–H and O–H groups in total. The number of benzene rings is 1. The number of furan rings is 1. The maximum atomic E-state index is 12.7. The van der Waals surface area contributed by atoms with Crippen molar-refractivity contribution in [3.05, 3.63) is 65.5 Å². The molecule has 3 aromatic rings. The van der Waals surface area contributed by atoms with Gasteiger partial charge in [-0.05, 0) is 31.0 Å². The van der Waals surface area contributed by atoms with E-state index >= 15 is 0 Å². The summed E-state index contributed by atoms with van der Waals surface area (Å²) in [5.41, 5.74) is 1.79. The first-order valence-electron chi connectivity index (χ1n) is 8.84. The van der Waals surface area contributed by atoms with Crippen LogP contribution in [0.15, 0.2) is 53.3 Å². The number of nitrogens with one attached hydrogen (secondary N) is 1. The molecule has 1 aliphatic rings. The van der Waals surface area contributed by atoms with Gasteiger partial charge >= 0.3 is 0 Å². The second-order valence-corrected chi connectivity index (χ2v) is 6.89. The molecule has 0 saturated carbocycles. The van der Waals surface area contributed by atoms with E-state index in [2.05, 4.69) is 9.97 Å². The molecule has 1 atom stereocenters. The number of carbonyl (C=O) groups is 1. The molecular weight excluding hydrogens is 350 g/mol. The maximum Gasteiger partial charge on any atom is 0.223 e. The summed E-state index contributed by atoms with van der Waals surface area (Å²) in [6, 6.07) is 11.4. The van der Waals surface area contributed by atoms with Gasteiger partial charge in [0.15, 0.2) is 0 Å². The molecule has 1 aromatic carbocycles. The lowest BCUT2D eigenvalue weighted by atomic mass is 10.1. The van der Waals surface area contributed by atoms with E-state index in [4.69, 9.17) is 16.0 Å². The van der Waals surface area contributed by atoms with Gasteiger partial charge in [0.05, 0.1) is 24.2 Å². The summed E-state index contributed by atoms with van der Waals surface area (Å²) in [6.45, 7) is 0.768. The second kappa shape index (κ2) is 7.38. The first-order chi connectivity index (χ1) is 12.7. The van der Waals surface area contributed by atoms with Crippen LogP contribution in [0.2, 0.25) is 5.02 Å². The number of rotatable bonds is 5. The highest BCUT2D eigenvalue weighted by Gasteiger charge is 2.31. The fourth-order valence-electron chi connectivity index (χ4n) is 3.50. The summed E-state index contributed by atoms with van der Waals surface area (Å²) in [5, 5.41) is 0.681. The number of carbonyl (C=O) groups excluding carboxylic acids is 1. The van der Waals surface area contributed by atoms with Crippen molar-refractivity contribution in [3.63, 3.8) is 0 Å². The van der Waals surface area contributed by atoms with Crippen LogP contribution in [0.1, 0.15) is 36.9 Å². The van der Waals surface area contributed by atoms with Crippen molar-refractivity contribution >= 4 is 17.5 Å². The monoisotopic (exact) mass is 369 g/mol. The molecule has 134 valence electrons. The zero-order valence-corrected chi connectivity index (χ0v) is 15.1. The number of halogens is 1. The molecule has 3 heterocycles. The minimum Gasteiger partial charge on any atom is -0.469 e. The number of aromatic amines is 1. The van der Waals surface area contributed by atoms with Crippen LogP contribution in [-0.2, 0) is 11.2 Å². The predicted octanol–water partition coefficient (Wildman–Crippen LogP) is 4.62. The molecule has 1 amide bonds. The number of H-pyrrole nitrogens is 1. The summed E-state index contributed by atoms with van der Waals surface area (Å²) in [6.07, 6.45) is 6.40. The third kappa shape index (κ3) is 3.40. The van der Waals surface area contributed by atoms with E-state index in [0.29, 0.717) is 17.9 Å². The summed E-state index contributed by atoms with van der Waals surface area (Å²) in [5.74, 6) is 1.80. The molecular formula is C20H20ClN3O2. The van der Waals surface area contributed by atoms with Gasteiger partial charge in [-0.3, -0.25) is 4.79 Å². The van der Waals surface area contributed by atoms with Crippen LogP contribution in [0.25, 0.3) is 11.3 Å². The summed E-state index contributed by atoms with van der Waals surface area (Å²) >= 11 is 6.28. The number of hydrogen-bond acceptors (Lipinski definition) is 3. The Morgan fingerprint density at radius 2 is 2.19 bits per heavy atom. The largest absolute Gasteiger partial charge is 0.469 e. The zero-order valence-electron chi connectivity index (χ0n) is 14.3. The van der Waals surface area contributed by atoms with Gasteiger partial charge in [0, 0.05) is 30.0 Å². The Kier molecular flexibility index (Phi) is 4.80. The highest BCUT2D eigenvalue weighted by Crippen LogP contribution is 2.33. The van der Waals surface area contributed by atoms with E-state index in [9.17, 15) is 4.79 Å². The lowest BCUT2D eigenvalue weighted by molar-refractivity contribution is -0.132. The third-order valence-electron chi connectivity index (χ3n) is 4.81. The van der Waals surface area contributed by atoms with E-state index in [1.165, 1.54) is 0 Å². The third-order valence-corrected chi connectivity index (χ3v) is 5.14. The van der Waals surface area contributed by atoms with Crippen LogP contribution >= 0.6 is 11.6 Å². The normalized spacial score (nSPS) is 17.0. The standard InChI is InChI=1S/C20H20ClN3O2/c21-16-7-2-1-6-15(16)17-13-22-20(23-17)18-8-3-11-24(18)19(25)10-9-14-5-4-12-26-14/h1-2,4-7,12-13,18H,3,8-11H2,(H,22,23). The minimum atomic E-state index is -0.00432. The van der Waals surface area contributed by atoms with Crippen molar-refractivity contribution in [2.45, 2.75) is 31.7 Å². The average molecular weight is 370 g/mol. The highest BCUT2D eigenvalue weighted by atomic mass is 35.5.